The summed E-state index contributed by atoms with van der Waals surface area (Å²) in [4.78, 5) is 17.3. The molecular formula is C25H26F3N3O. The molecule has 0 bridgehead atoms. The molecule has 0 aliphatic rings. The molecule has 1 unspecified atom stereocenters. The van der Waals surface area contributed by atoms with Gasteiger partial charge in [-0.05, 0) is 41.8 Å². The van der Waals surface area contributed by atoms with Crippen LogP contribution in [0, 0.1) is 0 Å². The highest BCUT2D eigenvalue weighted by Crippen LogP contribution is 2.36. The van der Waals surface area contributed by atoms with Crippen molar-refractivity contribution < 1.29 is 18.0 Å². The van der Waals surface area contributed by atoms with E-state index >= 15 is 0 Å². The molecule has 32 heavy (non-hydrogen) atoms. The molecule has 0 aliphatic heterocycles. The lowest BCUT2D eigenvalue weighted by atomic mass is 9.80. The van der Waals surface area contributed by atoms with Crippen LogP contribution in [0.3, 0.4) is 0 Å². The van der Waals surface area contributed by atoms with Crippen LogP contribution < -0.4 is 10.6 Å². The van der Waals surface area contributed by atoms with Gasteiger partial charge in [0.15, 0.2) is 0 Å². The van der Waals surface area contributed by atoms with Crippen molar-refractivity contribution in [3.63, 3.8) is 0 Å². The van der Waals surface area contributed by atoms with Gasteiger partial charge >= 0.3 is 12.2 Å². The van der Waals surface area contributed by atoms with Crippen LogP contribution in [0.5, 0.6) is 0 Å². The number of hydrogen-bond donors (Lipinski definition) is 2. The highest BCUT2D eigenvalue weighted by molar-refractivity contribution is 5.76. The molecule has 7 heteroatoms. The van der Waals surface area contributed by atoms with E-state index in [-0.39, 0.29) is 6.42 Å². The van der Waals surface area contributed by atoms with E-state index < -0.39 is 23.3 Å². The summed E-state index contributed by atoms with van der Waals surface area (Å²) in [5.41, 5.74) is -0.476. The summed E-state index contributed by atoms with van der Waals surface area (Å²) >= 11 is 0. The first-order chi connectivity index (χ1) is 15.3. The number of carbonyl (C=O) groups excluding carboxylic acids is 1. The molecule has 0 saturated heterocycles. The summed E-state index contributed by atoms with van der Waals surface area (Å²) in [6.45, 7) is 2.48. The molecule has 0 radical (unpaired) electrons. The molecule has 2 N–H and O–H groups in total. The fraction of sp³-hybridized carbons (Fsp3) is 0.280. The van der Waals surface area contributed by atoms with E-state index in [9.17, 15) is 18.0 Å². The zero-order valence-corrected chi connectivity index (χ0v) is 17.8. The Labute approximate surface area is 185 Å². The van der Waals surface area contributed by atoms with Gasteiger partial charge in [0.1, 0.15) is 5.54 Å². The number of carbonyl (C=O) groups is 1. The number of amides is 2. The molecule has 4 nitrogen and oxygen atoms in total. The monoisotopic (exact) mass is 441 g/mol. The van der Waals surface area contributed by atoms with Gasteiger partial charge < -0.3 is 10.6 Å². The number of halogens is 3. The topological polar surface area (TPSA) is 54.0 Å². The maximum Gasteiger partial charge on any atom is 0.416 e. The molecule has 2 amide bonds. The van der Waals surface area contributed by atoms with Crippen molar-refractivity contribution in [1.82, 2.24) is 15.6 Å². The molecule has 1 atom stereocenters. The Morgan fingerprint density at radius 2 is 1.66 bits per heavy atom. The molecule has 1 aromatic heterocycles. The predicted octanol–water partition coefficient (Wildman–Crippen LogP) is 5.69. The van der Waals surface area contributed by atoms with Crippen LogP contribution in [0.25, 0.3) is 0 Å². The van der Waals surface area contributed by atoms with E-state index in [0.29, 0.717) is 17.8 Å². The number of pyridine rings is 1. The second-order valence-corrected chi connectivity index (χ2v) is 7.60. The van der Waals surface area contributed by atoms with Crippen molar-refractivity contribution in [2.75, 3.05) is 6.54 Å². The zero-order chi connectivity index (χ0) is 23.0. The van der Waals surface area contributed by atoms with E-state index in [1.54, 1.807) is 30.5 Å². The maximum atomic E-state index is 13.5. The summed E-state index contributed by atoms with van der Waals surface area (Å²) in [6.07, 6.45) is -1.01. The first-order valence-corrected chi connectivity index (χ1v) is 10.5. The Morgan fingerprint density at radius 1 is 0.938 bits per heavy atom. The smallest absolute Gasteiger partial charge is 0.338 e. The van der Waals surface area contributed by atoms with Gasteiger partial charge in [-0.3, -0.25) is 4.98 Å². The molecule has 168 valence electrons. The number of aromatic nitrogens is 1. The highest BCUT2D eigenvalue weighted by Gasteiger charge is 2.40. The van der Waals surface area contributed by atoms with Crippen molar-refractivity contribution >= 4 is 6.03 Å². The van der Waals surface area contributed by atoms with Crippen LogP contribution in [-0.4, -0.2) is 17.6 Å². The van der Waals surface area contributed by atoms with Gasteiger partial charge in [-0.1, -0.05) is 61.9 Å². The van der Waals surface area contributed by atoms with E-state index in [1.165, 1.54) is 6.07 Å². The number of unbranched alkanes of at least 4 members (excludes halogenated alkanes) is 1. The van der Waals surface area contributed by atoms with Crippen molar-refractivity contribution in [1.29, 1.82) is 0 Å². The van der Waals surface area contributed by atoms with Crippen molar-refractivity contribution in [2.45, 2.75) is 37.9 Å². The number of urea groups is 1. The van der Waals surface area contributed by atoms with Gasteiger partial charge in [0, 0.05) is 19.2 Å². The van der Waals surface area contributed by atoms with E-state index in [1.807, 2.05) is 37.3 Å². The van der Waals surface area contributed by atoms with Crippen LogP contribution in [0.4, 0.5) is 18.0 Å². The van der Waals surface area contributed by atoms with Gasteiger partial charge in [-0.2, -0.15) is 13.2 Å². The Morgan fingerprint density at radius 3 is 2.31 bits per heavy atom. The summed E-state index contributed by atoms with van der Waals surface area (Å²) in [5, 5.41) is 5.78. The number of rotatable bonds is 8. The molecule has 1 heterocycles. The Bertz CT molecular complexity index is 1010. The third kappa shape index (κ3) is 5.66. The third-order valence-corrected chi connectivity index (χ3v) is 5.24. The molecule has 0 saturated carbocycles. The van der Waals surface area contributed by atoms with Gasteiger partial charge in [0.05, 0.1) is 11.3 Å². The van der Waals surface area contributed by atoms with E-state index in [0.717, 1.165) is 30.5 Å². The Hall–Kier alpha value is -3.35. The SMILES string of the molecule is CCCCNC(=O)NC(Cc1ccccc1)(c1cccc(C(F)(F)F)c1)c1ccccn1. The minimum absolute atomic E-state index is 0.230. The predicted molar refractivity (Wildman–Crippen MR) is 118 cm³/mol. The molecular weight excluding hydrogens is 415 g/mol. The minimum atomic E-state index is -4.51. The first-order valence-electron chi connectivity index (χ1n) is 10.5. The average molecular weight is 441 g/mol. The maximum absolute atomic E-state index is 13.5. The molecule has 0 spiro atoms. The number of benzene rings is 2. The lowest BCUT2D eigenvalue weighted by molar-refractivity contribution is -0.137. The largest absolute Gasteiger partial charge is 0.416 e. The highest BCUT2D eigenvalue weighted by atomic mass is 19.4. The fourth-order valence-electron chi connectivity index (χ4n) is 3.62. The van der Waals surface area contributed by atoms with Crippen molar-refractivity contribution in [3.05, 3.63) is 101 Å². The Kier molecular flexibility index (Phi) is 7.51. The normalized spacial score (nSPS) is 13.2. The zero-order valence-electron chi connectivity index (χ0n) is 17.8. The lowest BCUT2D eigenvalue weighted by Crippen LogP contribution is -2.52. The molecule has 0 fully saturated rings. The summed E-state index contributed by atoms with van der Waals surface area (Å²) in [6, 6.07) is 19.1. The Balaban J connectivity index is 2.15. The first kappa shape index (κ1) is 23.3. The lowest BCUT2D eigenvalue weighted by Gasteiger charge is -2.35. The van der Waals surface area contributed by atoms with E-state index in [4.69, 9.17) is 0 Å². The standard InChI is InChI=1S/C25H26F3N3O/c1-2-3-15-30-23(32)31-24(22-14-7-8-16-29-22,18-19-10-5-4-6-11-19)20-12-9-13-21(17-20)25(26,27)28/h4-14,16-17H,2-3,15,18H2,1H3,(H2,30,31,32). The van der Waals surface area contributed by atoms with Gasteiger partial charge in [0.25, 0.3) is 0 Å². The second-order valence-electron chi connectivity index (χ2n) is 7.60. The summed E-state index contributed by atoms with van der Waals surface area (Å²) < 4.78 is 40.6. The minimum Gasteiger partial charge on any atom is -0.338 e. The van der Waals surface area contributed by atoms with Crippen LogP contribution >= 0.6 is 0 Å². The van der Waals surface area contributed by atoms with E-state index in [2.05, 4.69) is 15.6 Å². The summed E-state index contributed by atoms with van der Waals surface area (Å²) in [7, 11) is 0. The molecule has 0 aliphatic carbocycles. The van der Waals surface area contributed by atoms with Crippen LogP contribution in [0.1, 0.15) is 42.1 Å². The van der Waals surface area contributed by atoms with Crippen LogP contribution in [0.15, 0.2) is 79.0 Å². The number of nitrogens with zero attached hydrogens (tertiary/aromatic N) is 1. The van der Waals surface area contributed by atoms with Gasteiger partial charge in [-0.25, -0.2) is 4.79 Å². The van der Waals surface area contributed by atoms with Crippen molar-refractivity contribution in [2.24, 2.45) is 0 Å². The van der Waals surface area contributed by atoms with Crippen LogP contribution in [0.2, 0.25) is 0 Å². The fourth-order valence-corrected chi connectivity index (χ4v) is 3.62. The molecule has 3 aromatic rings. The number of alkyl halides is 3. The van der Waals surface area contributed by atoms with Crippen molar-refractivity contribution in [3.8, 4) is 0 Å². The van der Waals surface area contributed by atoms with Gasteiger partial charge in [0.2, 0.25) is 0 Å². The average Bonchev–Trinajstić information content (AvgIpc) is 2.79. The quantitative estimate of drug-likeness (QED) is 0.442. The third-order valence-electron chi connectivity index (χ3n) is 5.24. The number of nitrogens with one attached hydrogen (secondary N) is 2. The second kappa shape index (κ2) is 10.3. The van der Waals surface area contributed by atoms with Gasteiger partial charge in [-0.15, -0.1) is 0 Å². The molecule has 2 aromatic carbocycles. The summed E-state index contributed by atoms with van der Waals surface area (Å²) in [5.74, 6) is 0. The van der Waals surface area contributed by atoms with Crippen LogP contribution in [-0.2, 0) is 18.1 Å². The number of hydrogen-bond acceptors (Lipinski definition) is 2. The molecule has 3 rings (SSSR count).